The van der Waals surface area contributed by atoms with Crippen molar-refractivity contribution in [3.05, 3.63) is 30.6 Å². The van der Waals surface area contributed by atoms with Crippen LogP contribution in [0.4, 0.5) is 5.82 Å². The van der Waals surface area contributed by atoms with Crippen molar-refractivity contribution in [3.63, 3.8) is 0 Å². The van der Waals surface area contributed by atoms with Gasteiger partial charge < -0.3 is 29.4 Å². The van der Waals surface area contributed by atoms with Crippen molar-refractivity contribution in [2.45, 2.75) is 31.5 Å². The molecule has 0 spiro atoms. The number of pyridine rings is 2. The van der Waals surface area contributed by atoms with Crippen LogP contribution in [0.2, 0.25) is 0 Å². The first-order valence-corrected chi connectivity index (χ1v) is 10.6. The number of aromatic amines is 1. The summed E-state index contributed by atoms with van der Waals surface area (Å²) in [5.74, 6) is -0.240. The molecular weight excluding hydrogens is 422 g/mol. The fourth-order valence-electron chi connectivity index (χ4n) is 3.64. The number of methoxy groups -OCH3 is 1. The molecule has 2 aliphatic rings. The molecule has 3 aromatic rings. The second-order valence-electron chi connectivity index (χ2n) is 8.10. The first-order chi connectivity index (χ1) is 19.6. The number of ether oxygens (including phenoxy) is 3. The van der Waals surface area contributed by atoms with E-state index in [1.807, 2.05) is 0 Å². The van der Waals surface area contributed by atoms with Gasteiger partial charge >= 0.3 is 0 Å². The van der Waals surface area contributed by atoms with Crippen molar-refractivity contribution in [2.24, 2.45) is 5.92 Å². The SMILES string of the molecule is [2H]C([2H])([2H])Oc1nccc(OC2CC2)c1-c1c[nH]c2nc(NC(=O)[C@@H]3C[C@H]3OCCN(C([2H])([2H])[2H])C([2H])([2H])[2H])ccc12. The van der Waals surface area contributed by atoms with Gasteiger partial charge in [0.05, 0.1) is 41.4 Å². The lowest BCUT2D eigenvalue weighted by atomic mass is 10.1. The zero-order chi connectivity index (χ0) is 30.4. The highest BCUT2D eigenvalue weighted by Crippen LogP contribution is 2.42. The van der Waals surface area contributed by atoms with Crippen molar-refractivity contribution in [3.8, 4) is 22.8 Å². The highest BCUT2D eigenvalue weighted by atomic mass is 16.5. The topological polar surface area (TPSA) is 102 Å². The number of anilines is 1. The number of fused-ring (bicyclic) bond motifs is 1. The molecule has 0 unspecified atom stereocenters. The summed E-state index contributed by atoms with van der Waals surface area (Å²) in [6.07, 6.45) is 4.83. The van der Waals surface area contributed by atoms with Crippen LogP contribution in [0.5, 0.6) is 11.6 Å². The summed E-state index contributed by atoms with van der Waals surface area (Å²) in [6.45, 7) is -6.10. The van der Waals surface area contributed by atoms with E-state index < -0.39 is 33.0 Å². The quantitative estimate of drug-likeness (QED) is 0.479. The molecule has 2 fully saturated rings. The van der Waals surface area contributed by atoms with Gasteiger partial charge in [-0.3, -0.25) is 4.79 Å². The normalized spacial score (nSPS) is 24.8. The monoisotopic (exact) mass is 460 g/mol. The molecule has 0 bridgehead atoms. The molecule has 0 saturated heterocycles. The van der Waals surface area contributed by atoms with Crippen molar-refractivity contribution >= 4 is 22.8 Å². The van der Waals surface area contributed by atoms with E-state index in [4.69, 9.17) is 26.5 Å². The largest absolute Gasteiger partial charge is 0.490 e. The number of amides is 1. The molecule has 0 aliphatic heterocycles. The van der Waals surface area contributed by atoms with Crippen LogP contribution in [0.1, 0.15) is 31.6 Å². The Bertz CT molecular complexity index is 1440. The minimum Gasteiger partial charge on any atom is -0.490 e. The fraction of sp³-hybridized carbons (Fsp3) is 0.458. The van der Waals surface area contributed by atoms with E-state index >= 15 is 0 Å². The van der Waals surface area contributed by atoms with Crippen LogP contribution in [0.25, 0.3) is 22.2 Å². The van der Waals surface area contributed by atoms with Gasteiger partial charge in [-0.15, -0.1) is 0 Å². The number of carbonyl (C=O) groups is 1. The second kappa shape index (κ2) is 8.99. The first kappa shape index (κ1) is 13.5. The summed E-state index contributed by atoms with van der Waals surface area (Å²) in [4.78, 5) is 24.8. The minimum atomic E-state index is -2.80. The maximum Gasteiger partial charge on any atom is 0.231 e. The Hall–Kier alpha value is -3.17. The number of nitrogens with one attached hydrogen (secondary N) is 2. The van der Waals surface area contributed by atoms with Crippen molar-refractivity contribution in [1.82, 2.24) is 19.9 Å². The summed E-state index contributed by atoms with van der Waals surface area (Å²) in [5.41, 5.74) is 1.36. The molecule has 33 heavy (non-hydrogen) atoms. The van der Waals surface area contributed by atoms with Crippen LogP contribution in [-0.4, -0.2) is 72.1 Å². The number of H-pyrrole nitrogens is 1. The van der Waals surface area contributed by atoms with E-state index in [9.17, 15) is 4.79 Å². The van der Waals surface area contributed by atoms with Crippen LogP contribution in [-0.2, 0) is 9.53 Å². The predicted molar refractivity (Wildman–Crippen MR) is 125 cm³/mol. The Labute approximate surface area is 205 Å². The molecular formula is C24H29N5O4. The van der Waals surface area contributed by atoms with Gasteiger partial charge in [-0.25, -0.2) is 9.97 Å². The van der Waals surface area contributed by atoms with Crippen molar-refractivity contribution in [2.75, 3.05) is 39.5 Å². The molecule has 2 saturated carbocycles. The number of likely N-dealkylation sites (N-methyl/N-ethyl adjacent to an activating group) is 1. The summed E-state index contributed by atoms with van der Waals surface area (Å²) in [7, 11) is -2.73. The smallest absolute Gasteiger partial charge is 0.231 e. The lowest BCUT2D eigenvalue weighted by Gasteiger charge is -2.13. The molecule has 3 heterocycles. The van der Waals surface area contributed by atoms with Crippen LogP contribution in [0, 0.1) is 5.92 Å². The van der Waals surface area contributed by atoms with Crippen molar-refractivity contribution in [1.29, 1.82) is 0 Å². The van der Waals surface area contributed by atoms with E-state index in [1.54, 1.807) is 24.4 Å². The zero-order valence-electron chi connectivity index (χ0n) is 26.6. The van der Waals surface area contributed by atoms with Gasteiger partial charge in [0.15, 0.2) is 0 Å². The molecule has 0 aromatic carbocycles. The Balaban J connectivity index is 1.26. The van der Waals surface area contributed by atoms with Gasteiger partial charge in [-0.1, -0.05) is 0 Å². The zero-order valence-corrected chi connectivity index (χ0v) is 17.6. The van der Waals surface area contributed by atoms with Crippen LogP contribution < -0.4 is 14.8 Å². The number of nitrogens with zero attached hydrogens (tertiary/aromatic N) is 3. The third-order valence-corrected chi connectivity index (χ3v) is 5.57. The summed E-state index contributed by atoms with van der Waals surface area (Å²) < 4.78 is 83.8. The highest BCUT2D eigenvalue weighted by Gasteiger charge is 2.44. The molecule has 2 atom stereocenters. The van der Waals surface area contributed by atoms with Gasteiger partial charge in [-0.05, 0) is 51.4 Å². The molecule has 0 radical (unpaired) electrons. The van der Waals surface area contributed by atoms with Gasteiger partial charge in [0, 0.05) is 38.1 Å². The van der Waals surface area contributed by atoms with E-state index in [-0.39, 0.29) is 36.9 Å². The average Bonchev–Trinajstić information content (AvgIpc) is 3.78. The number of rotatable bonds is 10. The minimum absolute atomic E-state index is 0.0363. The Morgan fingerprint density at radius 2 is 2.24 bits per heavy atom. The van der Waals surface area contributed by atoms with Gasteiger partial charge in [-0.2, -0.15) is 0 Å². The predicted octanol–water partition coefficient (Wildman–Crippen LogP) is 3.08. The maximum absolute atomic E-state index is 12.8. The van der Waals surface area contributed by atoms with Crippen LogP contribution >= 0.6 is 0 Å². The maximum atomic E-state index is 12.8. The summed E-state index contributed by atoms with van der Waals surface area (Å²) >= 11 is 0. The fourth-order valence-corrected chi connectivity index (χ4v) is 3.64. The average molecular weight is 461 g/mol. The highest BCUT2D eigenvalue weighted by molar-refractivity contribution is 5.99. The molecule has 174 valence electrons. The van der Waals surface area contributed by atoms with E-state index in [0.717, 1.165) is 12.8 Å². The number of aromatic nitrogens is 3. The van der Waals surface area contributed by atoms with Gasteiger partial charge in [0.25, 0.3) is 0 Å². The standard InChI is InChI=1S/C24H29N5O4/c1-29(2)10-11-32-19-12-16(19)23(30)28-20-7-6-15-17(13-26-22(15)27-20)21-18(33-14-4-5-14)8-9-25-24(21)31-3/h6-9,13-14,16,19H,4-5,10-12H2,1-3H3,(H2,26,27,28,30)/t16-,19-/m1/s1/i1D3,2D3,3D3. The second-order valence-corrected chi connectivity index (χ2v) is 8.10. The molecule has 2 N–H and O–H groups in total. The number of hydrogen-bond acceptors (Lipinski definition) is 7. The van der Waals surface area contributed by atoms with E-state index in [1.165, 1.54) is 6.20 Å². The summed E-state index contributed by atoms with van der Waals surface area (Å²) in [6, 6.07) is 4.97. The molecule has 3 aromatic heterocycles. The third kappa shape index (κ3) is 4.79. The lowest BCUT2D eigenvalue weighted by Crippen LogP contribution is -2.21. The molecule has 1 amide bonds. The number of carbonyl (C=O) groups excluding carboxylic acids is 1. The Morgan fingerprint density at radius 3 is 3.06 bits per heavy atom. The number of hydrogen-bond donors (Lipinski definition) is 2. The Kier molecular flexibility index (Phi) is 3.68. The van der Waals surface area contributed by atoms with Crippen LogP contribution in [0.15, 0.2) is 30.6 Å². The van der Waals surface area contributed by atoms with Gasteiger partial charge in [0.1, 0.15) is 17.2 Å². The molecule has 5 rings (SSSR count). The summed E-state index contributed by atoms with van der Waals surface area (Å²) in [5, 5.41) is 3.36. The molecule has 2 aliphatic carbocycles. The van der Waals surface area contributed by atoms with Crippen LogP contribution in [0.3, 0.4) is 0 Å². The van der Waals surface area contributed by atoms with Gasteiger partial charge in [0.2, 0.25) is 11.8 Å². The van der Waals surface area contributed by atoms with E-state index in [2.05, 4.69) is 20.3 Å². The Morgan fingerprint density at radius 1 is 1.33 bits per heavy atom. The van der Waals surface area contributed by atoms with E-state index in [0.29, 0.717) is 39.2 Å². The molecule has 9 nitrogen and oxygen atoms in total. The van der Waals surface area contributed by atoms with Crippen molar-refractivity contribution < 1.29 is 31.3 Å². The first-order valence-electron chi connectivity index (χ1n) is 15.1. The lowest BCUT2D eigenvalue weighted by molar-refractivity contribution is -0.118. The third-order valence-electron chi connectivity index (χ3n) is 5.57. The molecule has 9 heteroatoms.